The quantitative estimate of drug-likeness (QED) is 0.826. The summed E-state index contributed by atoms with van der Waals surface area (Å²) >= 11 is 5.73. The van der Waals surface area contributed by atoms with Crippen molar-refractivity contribution < 1.29 is 0 Å². The maximum Gasteiger partial charge on any atom is 0.169 e. The second-order valence-corrected chi connectivity index (χ2v) is 6.96. The highest BCUT2D eigenvalue weighted by molar-refractivity contribution is 7.80. The van der Waals surface area contributed by atoms with Crippen molar-refractivity contribution in [1.82, 2.24) is 15.2 Å². The molecule has 0 spiro atoms. The summed E-state index contributed by atoms with van der Waals surface area (Å²) in [6, 6.07) is 13.3. The van der Waals surface area contributed by atoms with Crippen molar-refractivity contribution in [2.75, 3.05) is 0 Å². The molecule has 0 aliphatic heterocycles. The van der Waals surface area contributed by atoms with E-state index < -0.39 is 0 Å². The lowest BCUT2D eigenvalue weighted by Crippen LogP contribution is -2.44. The molecule has 0 radical (unpaired) electrons. The summed E-state index contributed by atoms with van der Waals surface area (Å²) in [5.74, 6) is 0. The maximum atomic E-state index is 5.73. The van der Waals surface area contributed by atoms with E-state index in [2.05, 4.69) is 52.5 Å². The number of pyridine rings is 1. The third-order valence-electron chi connectivity index (χ3n) is 4.67. The van der Waals surface area contributed by atoms with E-state index in [-0.39, 0.29) is 0 Å². The van der Waals surface area contributed by atoms with Crippen LogP contribution in [-0.4, -0.2) is 21.0 Å². The van der Waals surface area contributed by atoms with Gasteiger partial charge in [-0.25, -0.2) is 0 Å². The molecule has 1 aliphatic rings. The summed E-state index contributed by atoms with van der Waals surface area (Å²) in [7, 11) is 0. The summed E-state index contributed by atoms with van der Waals surface area (Å²) in [4.78, 5) is 6.59. The first-order valence-corrected chi connectivity index (χ1v) is 9.12. The van der Waals surface area contributed by atoms with Crippen molar-refractivity contribution in [2.24, 2.45) is 0 Å². The fourth-order valence-electron chi connectivity index (χ4n) is 3.26. The number of nitrogens with zero attached hydrogens (tertiary/aromatic N) is 2. The predicted molar refractivity (Wildman–Crippen MR) is 103 cm³/mol. The number of benzene rings is 1. The van der Waals surface area contributed by atoms with Gasteiger partial charge in [0.05, 0.1) is 0 Å². The lowest BCUT2D eigenvalue weighted by atomic mass is 10.1. The van der Waals surface area contributed by atoms with Crippen LogP contribution in [0.15, 0.2) is 48.8 Å². The van der Waals surface area contributed by atoms with Crippen molar-refractivity contribution in [3.05, 3.63) is 65.5 Å². The normalized spacial score (nSPS) is 14.5. The predicted octanol–water partition coefficient (Wildman–Crippen LogP) is 4.21. The van der Waals surface area contributed by atoms with Crippen LogP contribution in [0.2, 0.25) is 0 Å². The van der Waals surface area contributed by atoms with Gasteiger partial charge in [-0.2, -0.15) is 0 Å². The Labute approximate surface area is 150 Å². The van der Waals surface area contributed by atoms with Gasteiger partial charge < -0.3 is 10.2 Å². The topological polar surface area (TPSA) is 28.2 Å². The molecule has 1 heterocycles. The van der Waals surface area contributed by atoms with Gasteiger partial charge >= 0.3 is 0 Å². The molecule has 2 aromatic rings. The van der Waals surface area contributed by atoms with E-state index in [4.69, 9.17) is 12.2 Å². The minimum atomic E-state index is 0.545. The van der Waals surface area contributed by atoms with Crippen molar-refractivity contribution >= 4 is 17.3 Å². The molecular weight excluding hydrogens is 314 g/mol. The fourth-order valence-corrected chi connectivity index (χ4v) is 3.54. The first-order valence-electron chi connectivity index (χ1n) is 8.71. The molecule has 1 saturated carbocycles. The minimum Gasteiger partial charge on any atom is -0.358 e. The Hall–Kier alpha value is -1.94. The molecule has 0 atom stereocenters. The largest absolute Gasteiger partial charge is 0.358 e. The molecule has 1 aromatic heterocycles. The van der Waals surface area contributed by atoms with Crippen LogP contribution in [0.3, 0.4) is 0 Å². The summed E-state index contributed by atoms with van der Waals surface area (Å²) in [5, 5.41) is 4.31. The Morgan fingerprint density at radius 3 is 2.58 bits per heavy atom. The highest BCUT2D eigenvalue weighted by atomic mass is 32.1. The molecule has 3 nitrogen and oxygen atoms in total. The molecule has 126 valence electrons. The number of rotatable bonds is 5. The molecular formula is C20H25N3S. The van der Waals surface area contributed by atoms with Gasteiger partial charge in [0, 0.05) is 31.5 Å². The number of hydrogen-bond acceptors (Lipinski definition) is 2. The van der Waals surface area contributed by atoms with Gasteiger partial charge in [0.25, 0.3) is 0 Å². The third-order valence-corrected chi connectivity index (χ3v) is 5.05. The average molecular weight is 340 g/mol. The zero-order valence-electron chi connectivity index (χ0n) is 14.2. The Bertz CT molecular complexity index is 648. The van der Waals surface area contributed by atoms with Crippen LogP contribution < -0.4 is 5.32 Å². The minimum absolute atomic E-state index is 0.545. The van der Waals surface area contributed by atoms with E-state index in [0.717, 1.165) is 18.2 Å². The molecule has 0 unspecified atom stereocenters. The number of nitrogens with one attached hydrogen (secondary N) is 1. The lowest BCUT2D eigenvalue weighted by molar-refractivity contribution is 0.303. The third kappa shape index (κ3) is 4.54. The van der Waals surface area contributed by atoms with Gasteiger partial charge in [-0.1, -0.05) is 48.7 Å². The van der Waals surface area contributed by atoms with Crippen LogP contribution in [0.4, 0.5) is 0 Å². The van der Waals surface area contributed by atoms with E-state index in [1.54, 1.807) is 0 Å². The first kappa shape index (κ1) is 16.9. The van der Waals surface area contributed by atoms with E-state index in [0.29, 0.717) is 6.04 Å². The number of aromatic nitrogens is 1. The van der Waals surface area contributed by atoms with Crippen LogP contribution in [0.5, 0.6) is 0 Å². The first-order chi connectivity index (χ1) is 11.7. The van der Waals surface area contributed by atoms with Crippen LogP contribution in [0.25, 0.3) is 0 Å². The van der Waals surface area contributed by atoms with E-state index in [1.807, 2.05) is 18.5 Å². The molecule has 0 bridgehead atoms. The molecule has 1 aliphatic carbocycles. The van der Waals surface area contributed by atoms with Crippen molar-refractivity contribution in [2.45, 2.75) is 51.7 Å². The molecule has 1 N–H and O–H groups in total. The highest BCUT2D eigenvalue weighted by Crippen LogP contribution is 2.25. The van der Waals surface area contributed by atoms with Gasteiger partial charge in [-0.3, -0.25) is 4.98 Å². The van der Waals surface area contributed by atoms with E-state index in [9.17, 15) is 0 Å². The summed E-state index contributed by atoms with van der Waals surface area (Å²) < 4.78 is 0. The monoisotopic (exact) mass is 339 g/mol. The van der Waals surface area contributed by atoms with Crippen LogP contribution in [0.1, 0.15) is 42.4 Å². The summed E-state index contributed by atoms with van der Waals surface area (Å²) in [5.41, 5.74) is 3.75. The Morgan fingerprint density at radius 2 is 1.92 bits per heavy atom. The van der Waals surface area contributed by atoms with Crippen LogP contribution in [-0.2, 0) is 13.1 Å². The summed E-state index contributed by atoms with van der Waals surface area (Å²) in [6.07, 6.45) is 8.81. The molecule has 0 saturated heterocycles. The second kappa shape index (κ2) is 8.25. The van der Waals surface area contributed by atoms with Gasteiger partial charge in [0.1, 0.15) is 0 Å². The Balaban J connectivity index is 1.65. The highest BCUT2D eigenvalue weighted by Gasteiger charge is 2.24. The zero-order valence-corrected chi connectivity index (χ0v) is 15.1. The molecule has 4 heteroatoms. The van der Waals surface area contributed by atoms with Gasteiger partial charge in [0.2, 0.25) is 0 Å². The standard InChI is InChI=1S/C20H25N3S/c1-16-8-10-17(11-9-16)14-22-20(24)23(19-6-2-3-7-19)15-18-5-4-12-21-13-18/h4-5,8-13,19H,2-3,6-7,14-15H2,1H3,(H,22,24). The van der Waals surface area contributed by atoms with Crippen molar-refractivity contribution in [3.63, 3.8) is 0 Å². The van der Waals surface area contributed by atoms with E-state index >= 15 is 0 Å². The number of thiocarbonyl (C=S) groups is 1. The number of aryl methyl sites for hydroxylation is 1. The smallest absolute Gasteiger partial charge is 0.169 e. The Morgan fingerprint density at radius 1 is 1.17 bits per heavy atom. The summed E-state index contributed by atoms with van der Waals surface area (Å²) in [6.45, 7) is 3.71. The van der Waals surface area contributed by atoms with Gasteiger partial charge in [-0.15, -0.1) is 0 Å². The van der Waals surface area contributed by atoms with Crippen molar-refractivity contribution in [3.8, 4) is 0 Å². The molecule has 3 rings (SSSR count). The zero-order chi connectivity index (χ0) is 16.8. The molecule has 0 amide bonds. The van der Waals surface area contributed by atoms with Gasteiger partial charge in [-0.05, 0) is 49.2 Å². The number of hydrogen-bond donors (Lipinski definition) is 1. The fraction of sp³-hybridized carbons (Fsp3) is 0.400. The van der Waals surface area contributed by atoms with Gasteiger partial charge in [0.15, 0.2) is 5.11 Å². The maximum absolute atomic E-state index is 5.73. The lowest BCUT2D eigenvalue weighted by Gasteiger charge is -2.31. The molecule has 24 heavy (non-hydrogen) atoms. The molecule has 1 fully saturated rings. The SMILES string of the molecule is Cc1ccc(CNC(=S)N(Cc2cccnc2)C2CCCC2)cc1. The Kier molecular flexibility index (Phi) is 5.81. The van der Waals surface area contributed by atoms with Crippen LogP contribution in [0, 0.1) is 6.92 Å². The molecule has 1 aromatic carbocycles. The van der Waals surface area contributed by atoms with Crippen LogP contribution >= 0.6 is 12.2 Å². The van der Waals surface area contributed by atoms with E-state index in [1.165, 1.54) is 42.4 Å². The average Bonchev–Trinajstić information content (AvgIpc) is 3.14. The van der Waals surface area contributed by atoms with Crippen molar-refractivity contribution in [1.29, 1.82) is 0 Å². The second-order valence-electron chi connectivity index (χ2n) is 6.57.